The molecule has 366 valence electrons. The van der Waals surface area contributed by atoms with Crippen LogP contribution in [-0.2, 0) is 51.9 Å². The van der Waals surface area contributed by atoms with Crippen LogP contribution in [0.2, 0.25) is 0 Å². The van der Waals surface area contributed by atoms with Gasteiger partial charge in [-0.15, -0.1) is 0 Å². The van der Waals surface area contributed by atoms with Gasteiger partial charge in [0.15, 0.2) is 49.6 Å². The second-order valence-corrected chi connectivity index (χ2v) is 18.9. The molecule has 0 N–H and O–H groups in total. The molecule has 4 nitrogen and oxygen atoms in total. The smallest absolute Gasteiger partial charge is 0.176 e. The van der Waals surface area contributed by atoms with Gasteiger partial charge in [0.05, 0.1) is 0 Å². The lowest BCUT2D eigenvalue weighted by Crippen LogP contribution is -3.00. The average molecular weight is 1190 g/mol. The molecule has 0 saturated carbocycles. The Morgan fingerprint density at radius 2 is 0.443 bits per heavy atom. The molecule has 0 radical (unpaired) electrons. The van der Waals surface area contributed by atoms with Crippen molar-refractivity contribution >= 4 is 43.1 Å². The number of aromatic nitrogens is 4. The van der Waals surface area contributed by atoms with E-state index in [1.54, 1.807) is 22.3 Å². The molecule has 0 fully saturated rings. The molecule has 0 saturated heterocycles. The number of hydrogen-bond donors (Lipinski definition) is 0. The van der Waals surface area contributed by atoms with Crippen LogP contribution >= 0.6 is 0 Å². The van der Waals surface area contributed by atoms with Crippen LogP contribution in [0.25, 0.3) is 43.1 Å². The standard InChI is InChI=1S/C62H70N4.4BrH/c1(17-37-63-41-33-51-21-9-13-29-59(51)47-63)5-25-55-45-57(27-7-3-19-39-65-43-35-53-23-11-15-31-61(53)49-65)58(28-8-4-20-40-66-44-36-54-24-12-16-32-62(54)50-66)46-56(55)26-6-2-18-38-64-42-34-52-22-10-14-30-60(52)48-64;;;;/h9-16,21-24,29-36,41-50H,1-8,17-20,25-28,37-40H2;4*1H/q+4;;;;/p-4. The number of benzene rings is 5. The minimum atomic E-state index is 0. The first-order valence-electron chi connectivity index (χ1n) is 25.4. The predicted molar refractivity (Wildman–Crippen MR) is 273 cm³/mol. The molecule has 9 rings (SSSR count). The maximum Gasteiger partial charge on any atom is 0.176 e. The molecule has 0 amide bonds. The molecule has 9 aromatic rings. The van der Waals surface area contributed by atoms with Crippen LogP contribution in [-0.4, -0.2) is 0 Å². The normalized spacial score (nSPS) is 11.0. The largest absolute Gasteiger partial charge is 1.00 e. The lowest BCUT2D eigenvalue weighted by atomic mass is 9.88. The fraction of sp³-hybridized carbons (Fsp3) is 0.323. The number of nitrogens with zero attached hydrogens (tertiary/aromatic N) is 4. The van der Waals surface area contributed by atoms with Crippen molar-refractivity contribution in [2.45, 2.75) is 129 Å². The topological polar surface area (TPSA) is 15.5 Å². The molecule has 70 heavy (non-hydrogen) atoms. The summed E-state index contributed by atoms with van der Waals surface area (Å²) in [6.45, 7) is 4.31. The van der Waals surface area contributed by atoms with Crippen molar-refractivity contribution in [3.8, 4) is 0 Å². The van der Waals surface area contributed by atoms with Gasteiger partial charge in [0.1, 0.15) is 26.2 Å². The van der Waals surface area contributed by atoms with Crippen LogP contribution in [0, 0.1) is 0 Å². The minimum Gasteiger partial charge on any atom is -1.00 e. The zero-order valence-electron chi connectivity index (χ0n) is 40.8. The summed E-state index contributed by atoms with van der Waals surface area (Å²) in [7, 11) is 0. The Bertz CT molecular complexity index is 2590. The average Bonchev–Trinajstić information content (AvgIpc) is 3.36. The molecule has 5 aromatic carbocycles. The summed E-state index contributed by atoms with van der Waals surface area (Å²) >= 11 is 0. The van der Waals surface area contributed by atoms with E-state index in [4.69, 9.17) is 0 Å². The van der Waals surface area contributed by atoms with Gasteiger partial charge in [-0.1, -0.05) is 84.9 Å². The van der Waals surface area contributed by atoms with Gasteiger partial charge in [0.2, 0.25) is 0 Å². The molecule has 4 heterocycles. The number of fused-ring (bicyclic) bond motifs is 4. The zero-order chi connectivity index (χ0) is 44.6. The van der Waals surface area contributed by atoms with Crippen LogP contribution in [0.3, 0.4) is 0 Å². The van der Waals surface area contributed by atoms with Crippen LogP contribution in [0.1, 0.15) is 99.3 Å². The van der Waals surface area contributed by atoms with Crippen LogP contribution < -0.4 is 86.2 Å². The number of halogens is 4. The van der Waals surface area contributed by atoms with Gasteiger partial charge in [-0.2, -0.15) is 0 Å². The fourth-order valence-corrected chi connectivity index (χ4v) is 10.1. The highest BCUT2D eigenvalue weighted by atomic mass is 79.9. The van der Waals surface area contributed by atoms with Gasteiger partial charge in [-0.25, -0.2) is 18.3 Å². The first-order valence-corrected chi connectivity index (χ1v) is 25.4. The molecule has 4 aromatic heterocycles. The molecule has 0 spiro atoms. The van der Waals surface area contributed by atoms with E-state index in [2.05, 4.69) is 201 Å². The molecule has 0 aliphatic carbocycles. The van der Waals surface area contributed by atoms with Gasteiger partial charge >= 0.3 is 0 Å². The highest BCUT2D eigenvalue weighted by Gasteiger charge is 2.14. The number of pyridine rings is 4. The molecule has 0 atom stereocenters. The fourth-order valence-electron chi connectivity index (χ4n) is 10.1. The van der Waals surface area contributed by atoms with Crippen LogP contribution in [0.4, 0.5) is 0 Å². The van der Waals surface area contributed by atoms with Crippen molar-refractivity contribution in [1.29, 1.82) is 0 Å². The number of aryl methyl sites for hydroxylation is 8. The molecule has 0 aliphatic rings. The summed E-state index contributed by atoms with van der Waals surface area (Å²) in [6, 6.07) is 49.3. The third kappa shape index (κ3) is 16.3. The van der Waals surface area contributed by atoms with E-state index in [0.717, 1.165) is 26.2 Å². The van der Waals surface area contributed by atoms with Gasteiger partial charge in [-0.05, 0) is 145 Å². The van der Waals surface area contributed by atoms with Crippen molar-refractivity contribution < 1.29 is 86.2 Å². The van der Waals surface area contributed by atoms with E-state index in [-0.39, 0.29) is 67.9 Å². The van der Waals surface area contributed by atoms with E-state index in [1.165, 1.54) is 146 Å². The van der Waals surface area contributed by atoms with Crippen LogP contribution in [0.5, 0.6) is 0 Å². The number of hydrogen-bond acceptors (Lipinski definition) is 0. The van der Waals surface area contributed by atoms with Gasteiger partial charge in [0.25, 0.3) is 0 Å². The molecule has 0 aliphatic heterocycles. The maximum atomic E-state index is 2.69. The first-order chi connectivity index (χ1) is 32.7. The van der Waals surface area contributed by atoms with Gasteiger partial charge < -0.3 is 67.9 Å². The van der Waals surface area contributed by atoms with E-state index in [9.17, 15) is 0 Å². The van der Waals surface area contributed by atoms with E-state index in [1.807, 2.05) is 0 Å². The number of unbranched alkanes of at least 4 members (excludes halogenated alkanes) is 8. The van der Waals surface area contributed by atoms with Crippen LogP contribution in [0.15, 0.2) is 183 Å². The predicted octanol–water partition coefficient (Wildman–Crippen LogP) is 1.12. The number of rotatable bonds is 24. The second kappa shape index (κ2) is 29.9. The molecule has 0 bridgehead atoms. The molecule has 0 unspecified atom stereocenters. The Labute approximate surface area is 459 Å². The van der Waals surface area contributed by atoms with E-state index >= 15 is 0 Å². The second-order valence-electron chi connectivity index (χ2n) is 18.9. The summed E-state index contributed by atoms with van der Waals surface area (Å²) < 4.78 is 9.54. The Morgan fingerprint density at radius 1 is 0.229 bits per heavy atom. The maximum absolute atomic E-state index is 2.69. The Morgan fingerprint density at radius 3 is 0.671 bits per heavy atom. The summed E-state index contributed by atoms with van der Waals surface area (Å²) in [5.41, 5.74) is 6.48. The highest BCUT2D eigenvalue weighted by molar-refractivity contribution is 5.82. The summed E-state index contributed by atoms with van der Waals surface area (Å²) in [4.78, 5) is 0. The zero-order valence-corrected chi connectivity index (χ0v) is 47.1. The molecular formula is C62H70Br4N4. The third-order valence-corrected chi connectivity index (χ3v) is 14.0. The van der Waals surface area contributed by atoms with Gasteiger partial charge in [0, 0.05) is 71.5 Å². The SMILES string of the molecule is [Br-].[Br-].[Br-].[Br-].c1ccc2c[n+](CCCCCc3cc(CCCCC[n+]4ccc5ccccc5c4)c(CCCCC[n+]4ccc5ccccc5c4)cc3CCCCC[n+]3ccc4ccccc4c3)ccc2c1. The summed E-state index contributed by atoms with van der Waals surface area (Å²) in [6.07, 6.45) is 37.8. The van der Waals surface area contributed by atoms with Gasteiger partial charge in [-0.3, -0.25) is 0 Å². The van der Waals surface area contributed by atoms with Crippen molar-refractivity contribution in [1.82, 2.24) is 0 Å². The lowest BCUT2D eigenvalue weighted by Gasteiger charge is -2.17. The minimum absolute atomic E-state index is 0. The summed E-state index contributed by atoms with van der Waals surface area (Å²) in [5, 5.41) is 10.6. The van der Waals surface area contributed by atoms with Crippen molar-refractivity contribution in [3.05, 3.63) is 205 Å². The third-order valence-electron chi connectivity index (χ3n) is 14.0. The first kappa shape index (κ1) is 56.6. The quantitative estimate of drug-likeness (QED) is 0.0639. The monoisotopic (exact) mass is 1190 g/mol. The van der Waals surface area contributed by atoms with Crippen molar-refractivity contribution in [3.63, 3.8) is 0 Å². The Kier molecular flexibility index (Phi) is 24.1. The molecule has 8 heteroatoms. The Balaban J connectivity index is 0.00000228. The van der Waals surface area contributed by atoms with Crippen molar-refractivity contribution in [2.75, 3.05) is 0 Å². The Hall–Kier alpha value is -4.34. The highest BCUT2D eigenvalue weighted by Crippen LogP contribution is 2.26. The van der Waals surface area contributed by atoms with E-state index in [0.29, 0.717) is 0 Å². The summed E-state index contributed by atoms with van der Waals surface area (Å²) in [5.74, 6) is 0. The van der Waals surface area contributed by atoms with E-state index < -0.39 is 0 Å². The molecular weight excluding hydrogens is 1120 g/mol. The lowest BCUT2D eigenvalue weighted by molar-refractivity contribution is -0.696. The van der Waals surface area contributed by atoms with Crippen molar-refractivity contribution in [2.24, 2.45) is 0 Å².